The lowest BCUT2D eigenvalue weighted by molar-refractivity contribution is 0.548. The maximum atomic E-state index is 4.62. The van der Waals surface area contributed by atoms with Crippen LogP contribution in [0.1, 0.15) is 46.9 Å². The van der Waals surface area contributed by atoms with Crippen molar-refractivity contribution in [2.45, 2.75) is 48.0 Å². The molecule has 0 aromatic carbocycles. The second-order valence-corrected chi connectivity index (χ2v) is 6.28. The molecule has 114 valence electrons. The molecule has 1 rings (SSSR count). The van der Waals surface area contributed by atoms with Gasteiger partial charge in [-0.3, -0.25) is 0 Å². The lowest BCUT2D eigenvalue weighted by atomic mass is 10.1. The first kappa shape index (κ1) is 16.7. The molecule has 1 heterocycles. The summed E-state index contributed by atoms with van der Waals surface area (Å²) in [4.78, 5) is 11.5. The molecule has 0 spiro atoms. The fourth-order valence-corrected chi connectivity index (χ4v) is 2.20. The molecule has 4 heteroatoms. The minimum absolute atomic E-state index is 0.621. The van der Waals surface area contributed by atoms with Gasteiger partial charge >= 0.3 is 0 Å². The average molecular weight is 278 g/mol. The van der Waals surface area contributed by atoms with Gasteiger partial charge < -0.3 is 10.2 Å². The predicted molar refractivity (Wildman–Crippen MR) is 87.4 cm³/mol. The maximum Gasteiger partial charge on any atom is 0.134 e. The molecule has 1 N–H and O–H groups in total. The summed E-state index contributed by atoms with van der Waals surface area (Å²) < 4.78 is 0. The number of hydrogen-bond acceptors (Lipinski definition) is 4. The second kappa shape index (κ2) is 8.08. The number of hydrogen-bond donors (Lipinski definition) is 1. The van der Waals surface area contributed by atoms with E-state index < -0.39 is 0 Å². The van der Waals surface area contributed by atoms with Crippen molar-refractivity contribution in [3.63, 3.8) is 0 Å². The zero-order chi connectivity index (χ0) is 15.1. The van der Waals surface area contributed by atoms with Crippen LogP contribution < -0.4 is 10.2 Å². The van der Waals surface area contributed by atoms with Gasteiger partial charge in [0.15, 0.2) is 0 Å². The molecule has 0 aliphatic heterocycles. The number of rotatable bonds is 8. The average Bonchev–Trinajstić information content (AvgIpc) is 2.33. The van der Waals surface area contributed by atoms with Crippen LogP contribution in [0.3, 0.4) is 0 Å². The molecule has 20 heavy (non-hydrogen) atoms. The van der Waals surface area contributed by atoms with Gasteiger partial charge in [-0.2, -0.15) is 0 Å². The fraction of sp³-hybridized carbons (Fsp3) is 0.750. The summed E-state index contributed by atoms with van der Waals surface area (Å²) >= 11 is 0. The van der Waals surface area contributed by atoms with Crippen molar-refractivity contribution in [2.24, 2.45) is 11.8 Å². The summed E-state index contributed by atoms with van der Waals surface area (Å²) in [5, 5.41) is 3.36. The van der Waals surface area contributed by atoms with E-state index in [4.69, 9.17) is 0 Å². The second-order valence-electron chi connectivity index (χ2n) is 6.28. The molecule has 0 aliphatic rings. The highest BCUT2D eigenvalue weighted by atomic mass is 15.2. The highest BCUT2D eigenvalue weighted by Gasteiger charge is 2.13. The van der Waals surface area contributed by atoms with Crippen LogP contribution >= 0.6 is 0 Å². The Morgan fingerprint density at radius 3 is 2.20 bits per heavy atom. The van der Waals surface area contributed by atoms with Crippen molar-refractivity contribution >= 4 is 11.6 Å². The van der Waals surface area contributed by atoms with Crippen LogP contribution in [0.5, 0.6) is 0 Å². The lowest BCUT2D eigenvalue weighted by Gasteiger charge is -2.28. The summed E-state index contributed by atoms with van der Waals surface area (Å²) in [7, 11) is 0. The van der Waals surface area contributed by atoms with Crippen LogP contribution in [-0.2, 0) is 0 Å². The van der Waals surface area contributed by atoms with E-state index in [1.54, 1.807) is 0 Å². The van der Waals surface area contributed by atoms with Gasteiger partial charge in [-0.25, -0.2) is 9.97 Å². The van der Waals surface area contributed by atoms with Crippen molar-refractivity contribution in [1.29, 1.82) is 0 Å². The van der Waals surface area contributed by atoms with Crippen molar-refractivity contribution in [1.82, 2.24) is 9.97 Å². The molecule has 0 unspecified atom stereocenters. The molecule has 1 aromatic rings. The van der Waals surface area contributed by atoms with Crippen LogP contribution in [0.4, 0.5) is 11.6 Å². The first-order valence-electron chi connectivity index (χ1n) is 7.76. The third-order valence-electron chi connectivity index (χ3n) is 2.88. The van der Waals surface area contributed by atoms with E-state index in [0.717, 1.165) is 43.5 Å². The first-order valence-corrected chi connectivity index (χ1v) is 7.76. The highest BCUT2D eigenvalue weighted by Crippen LogP contribution is 2.18. The molecule has 0 radical (unpaired) electrons. The van der Waals surface area contributed by atoms with Gasteiger partial charge in [-0.15, -0.1) is 0 Å². The first-order chi connectivity index (χ1) is 9.42. The lowest BCUT2D eigenvalue weighted by Crippen LogP contribution is -2.32. The zero-order valence-corrected chi connectivity index (χ0v) is 13.9. The van der Waals surface area contributed by atoms with Gasteiger partial charge in [-0.1, -0.05) is 34.6 Å². The summed E-state index contributed by atoms with van der Waals surface area (Å²) in [6.07, 6.45) is 1.10. The molecule has 0 amide bonds. The Kier molecular flexibility index (Phi) is 6.76. The van der Waals surface area contributed by atoms with Crippen LogP contribution in [0, 0.1) is 18.8 Å². The van der Waals surface area contributed by atoms with Gasteiger partial charge in [0.05, 0.1) is 0 Å². The van der Waals surface area contributed by atoms with E-state index in [1.807, 2.05) is 6.92 Å². The molecule has 0 atom stereocenters. The molecule has 0 aliphatic carbocycles. The third kappa shape index (κ3) is 5.76. The summed E-state index contributed by atoms with van der Waals surface area (Å²) in [5.41, 5.74) is 0. The van der Waals surface area contributed by atoms with Gasteiger partial charge in [0.2, 0.25) is 0 Å². The van der Waals surface area contributed by atoms with Gasteiger partial charge in [-0.05, 0) is 25.2 Å². The van der Waals surface area contributed by atoms with Crippen molar-refractivity contribution < 1.29 is 0 Å². The monoisotopic (exact) mass is 278 g/mol. The maximum absolute atomic E-state index is 4.62. The summed E-state index contributed by atoms with van der Waals surface area (Å²) in [5.74, 6) is 4.05. The molecule has 1 aromatic heterocycles. The normalized spacial score (nSPS) is 11.2. The zero-order valence-electron chi connectivity index (χ0n) is 13.9. The summed E-state index contributed by atoms with van der Waals surface area (Å²) in [6, 6.07) is 2.08. The van der Waals surface area contributed by atoms with E-state index in [2.05, 4.69) is 60.9 Å². The Morgan fingerprint density at radius 1 is 1.10 bits per heavy atom. The van der Waals surface area contributed by atoms with Gasteiger partial charge in [0.25, 0.3) is 0 Å². The van der Waals surface area contributed by atoms with Crippen molar-refractivity contribution in [3.05, 3.63) is 11.9 Å². The van der Waals surface area contributed by atoms with Crippen molar-refractivity contribution in [2.75, 3.05) is 29.9 Å². The molecule has 0 fully saturated rings. The molecule has 0 bridgehead atoms. The Hall–Kier alpha value is -1.32. The minimum atomic E-state index is 0.621. The fourth-order valence-electron chi connectivity index (χ4n) is 2.20. The topological polar surface area (TPSA) is 41.0 Å². The Balaban J connectivity index is 2.95. The highest BCUT2D eigenvalue weighted by molar-refractivity contribution is 5.49. The number of aromatic nitrogens is 2. The minimum Gasteiger partial charge on any atom is -0.370 e. The van der Waals surface area contributed by atoms with Crippen molar-refractivity contribution in [3.8, 4) is 0 Å². The molecule has 0 saturated heterocycles. The standard InChI is InChI=1S/C16H30N4/c1-7-8-17-15-9-16(19-14(6)18-15)20(10-12(2)3)11-13(4)5/h9,12-13H,7-8,10-11H2,1-6H3,(H,17,18,19). The third-order valence-corrected chi connectivity index (χ3v) is 2.88. The molecule has 0 saturated carbocycles. The number of nitrogens with one attached hydrogen (secondary N) is 1. The smallest absolute Gasteiger partial charge is 0.134 e. The van der Waals surface area contributed by atoms with E-state index >= 15 is 0 Å². The predicted octanol–water partition coefficient (Wildman–Crippen LogP) is 3.73. The van der Waals surface area contributed by atoms with Crippen LogP contribution in [-0.4, -0.2) is 29.6 Å². The van der Waals surface area contributed by atoms with Crippen LogP contribution in [0.15, 0.2) is 6.07 Å². The van der Waals surface area contributed by atoms with Crippen LogP contribution in [0.2, 0.25) is 0 Å². The molecule has 4 nitrogen and oxygen atoms in total. The Labute approximate surface area is 124 Å². The van der Waals surface area contributed by atoms with Gasteiger partial charge in [0.1, 0.15) is 17.5 Å². The number of aryl methyl sites for hydroxylation is 1. The Morgan fingerprint density at radius 2 is 1.70 bits per heavy atom. The van der Waals surface area contributed by atoms with E-state index in [-0.39, 0.29) is 0 Å². The largest absolute Gasteiger partial charge is 0.370 e. The number of nitrogens with zero attached hydrogens (tertiary/aromatic N) is 3. The molecular formula is C16H30N4. The summed E-state index contributed by atoms with van der Waals surface area (Å²) in [6.45, 7) is 16.1. The Bertz CT molecular complexity index is 391. The van der Waals surface area contributed by atoms with Crippen LogP contribution in [0.25, 0.3) is 0 Å². The molecular weight excluding hydrogens is 248 g/mol. The van der Waals surface area contributed by atoms with E-state index in [0.29, 0.717) is 11.8 Å². The quantitative estimate of drug-likeness (QED) is 0.786. The van der Waals surface area contributed by atoms with Gasteiger partial charge in [0, 0.05) is 25.7 Å². The SMILES string of the molecule is CCCNc1cc(N(CC(C)C)CC(C)C)nc(C)n1. The van der Waals surface area contributed by atoms with E-state index in [9.17, 15) is 0 Å². The van der Waals surface area contributed by atoms with E-state index in [1.165, 1.54) is 0 Å². The number of anilines is 2.